The number of thiazole rings is 1. The normalized spacial score (nSPS) is 12.1. The van der Waals surface area contributed by atoms with E-state index in [1.54, 1.807) is 6.07 Å². The summed E-state index contributed by atoms with van der Waals surface area (Å²) < 4.78 is 11.7. The monoisotopic (exact) mass is 498 g/mol. The lowest BCUT2D eigenvalue weighted by Crippen LogP contribution is -2.33. The Morgan fingerprint density at radius 1 is 1.22 bits per heavy atom. The number of nitro groups is 1. The van der Waals surface area contributed by atoms with E-state index < -0.39 is 10.8 Å². The zero-order valence-electron chi connectivity index (χ0n) is 17.2. The highest BCUT2D eigenvalue weighted by molar-refractivity contribution is 7.22. The number of nitro benzene ring substituents is 1. The summed E-state index contributed by atoms with van der Waals surface area (Å²) in [7, 11) is 3.89. The van der Waals surface area contributed by atoms with Crippen LogP contribution < -0.4 is 14.4 Å². The molecule has 4 rings (SSSR count). The third kappa shape index (κ3) is 4.88. The van der Waals surface area contributed by atoms with Gasteiger partial charge in [-0.15, -0.1) is 12.4 Å². The number of carbonyl (C=O) groups excluding carboxylic acids is 1. The molecular weight excluding hydrogens is 479 g/mol. The molecule has 3 aromatic rings. The maximum absolute atomic E-state index is 13.4. The predicted molar refractivity (Wildman–Crippen MR) is 126 cm³/mol. The molecule has 0 radical (unpaired) electrons. The van der Waals surface area contributed by atoms with E-state index in [4.69, 9.17) is 21.1 Å². The summed E-state index contributed by atoms with van der Waals surface area (Å²) in [6.07, 6.45) is 0.684. The molecule has 0 unspecified atom stereocenters. The number of amides is 1. The van der Waals surface area contributed by atoms with Crippen molar-refractivity contribution in [3.8, 4) is 11.5 Å². The minimum Gasteiger partial charge on any atom is -0.454 e. The second-order valence-corrected chi connectivity index (χ2v) is 8.62. The van der Waals surface area contributed by atoms with Crippen LogP contribution in [0.4, 0.5) is 10.8 Å². The van der Waals surface area contributed by atoms with Crippen LogP contribution in [-0.4, -0.2) is 54.7 Å². The van der Waals surface area contributed by atoms with Crippen molar-refractivity contribution >= 4 is 62.3 Å². The van der Waals surface area contributed by atoms with Gasteiger partial charge in [0.25, 0.3) is 11.6 Å². The number of fused-ring (bicyclic) bond motifs is 2. The molecule has 1 aliphatic rings. The highest BCUT2D eigenvalue weighted by atomic mass is 35.5. The van der Waals surface area contributed by atoms with Crippen LogP contribution >= 0.6 is 35.3 Å². The Bertz CT molecular complexity index is 1130. The van der Waals surface area contributed by atoms with Crippen LogP contribution in [0.5, 0.6) is 11.5 Å². The van der Waals surface area contributed by atoms with Crippen molar-refractivity contribution < 1.29 is 19.2 Å². The molecule has 2 aromatic carbocycles. The molecule has 32 heavy (non-hydrogen) atoms. The van der Waals surface area contributed by atoms with E-state index in [0.717, 1.165) is 11.2 Å². The van der Waals surface area contributed by atoms with Crippen molar-refractivity contribution in [2.45, 2.75) is 6.42 Å². The number of aromatic nitrogens is 1. The minimum absolute atomic E-state index is 0. The standard InChI is InChI=1S/C20H19ClN4O5S.ClH/c1-23(2)6-3-7-24(19(26)13-8-12(25(27)28)4-5-14(13)21)20-22-15-9-16-17(30-11-29-16)10-18(15)31-20;/h4-5,8-10H,3,6-7,11H2,1-2H3;1H. The summed E-state index contributed by atoms with van der Waals surface area (Å²) in [5.74, 6) is 0.804. The van der Waals surface area contributed by atoms with Crippen LogP contribution in [0.25, 0.3) is 10.2 Å². The molecule has 1 aromatic heterocycles. The molecule has 9 nitrogen and oxygen atoms in total. The first-order chi connectivity index (χ1) is 14.8. The topological polar surface area (TPSA) is 98.0 Å². The van der Waals surface area contributed by atoms with E-state index in [-0.39, 0.29) is 35.5 Å². The Morgan fingerprint density at radius 3 is 2.62 bits per heavy atom. The Hall–Kier alpha value is -2.66. The van der Waals surface area contributed by atoms with Crippen molar-refractivity contribution in [1.82, 2.24) is 9.88 Å². The van der Waals surface area contributed by atoms with Crippen molar-refractivity contribution in [2.24, 2.45) is 0 Å². The molecule has 0 atom stereocenters. The quantitative estimate of drug-likeness (QED) is 0.346. The van der Waals surface area contributed by atoms with Gasteiger partial charge in [0.05, 0.1) is 25.7 Å². The van der Waals surface area contributed by atoms with Crippen molar-refractivity contribution in [1.29, 1.82) is 0 Å². The Kier molecular flexibility index (Phi) is 7.40. The van der Waals surface area contributed by atoms with Crippen LogP contribution in [0.2, 0.25) is 5.02 Å². The lowest BCUT2D eigenvalue weighted by atomic mass is 10.1. The molecule has 1 aliphatic heterocycles. The molecule has 0 bridgehead atoms. The van der Waals surface area contributed by atoms with E-state index in [0.29, 0.717) is 35.1 Å². The average molecular weight is 499 g/mol. The van der Waals surface area contributed by atoms with Gasteiger partial charge in [-0.2, -0.15) is 0 Å². The summed E-state index contributed by atoms with van der Waals surface area (Å²) >= 11 is 7.57. The lowest BCUT2D eigenvalue weighted by molar-refractivity contribution is -0.384. The third-order valence-corrected chi connectivity index (χ3v) is 6.10. The predicted octanol–water partition coefficient (Wildman–Crippen LogP) is 4.61. The van der Waals surface area contributed by atoms with E-state index >= 15 is 0 Å². The molecule has 0 N–H and O–H groups in total. The van der Waals surface area contributed by atoms with Crippen molar-refractivity contribution in [3.63, 3.8) is 0 Å². The fourth-order valence-corrected chi connectivity index (χ4v) is 4.39. The van der Waals surface area contributed by atoms with Gasteiger partial charge in [0, 0.05) is 30.8 Å². The minimum atomic E-state index is -0.553. The van der Waals surface area contributed by atoms with Crippen LogP contribution in [0, 0.1) is 10.1 Å². The molecule has 12 heteroatoms. The SMILES string of the molecule is CN(C)CCCN(C(=O)c1cc([N+](=O)[O-])ccc1Cl)c1nc2cc3c(cc2s1)OCO3.Cl. The van der Waals surface area contributed by atoms with Gasteiger partial charge >= 0.3 is 0 Å². The zero-order valence-corrected chi connectivity index (χ0v) is 19.6. The largest absolute Gasteiger partial charge is 0.454 e. The van der Waals surface area contributed by atoms with Gasteiger partial charge in [0.15, 0.2) is 16.6 Å². The molecule has 170 valence electrons. The number of hydrogen-bond donors (Lipinski definition) is 0. The number of non-ortho nitro benzene ring substituents is 1. The Labute approximate surface area is 199 Å². The molecule has 0 saturated carbocycles. The smallest absolute Gasteiger partial charge is 0.270 e. The number of hydrogen-bond acceptors (Lipinski definition) is 8. The summed E-state index contributed by atoms with van der Waals surface area (Å²) in [4.78, 5) is 32.2. The van der Waals surface area contributed by atoms with Gasteiger partial charge < -0.3 is 14.4 Å². The lowest BCUT2D eigenvalue weighted by Gasteiger charge is -2.21. The molecule has 1 amide bonds. The fourth-order valence-electron chi connectivity index (χ4n) is 3.19. The van der Waals surface area contributed by atoms with Gasteiger partial charge in [0.2, 0.25) is 6.79 Å². The van der Waals surface area contributed by atoms with Gasteiger partial charge in [-0.05, 0) is 33.1 Å². The number of halogens is 2. The first-order valence-electron chi connectivity index (χ1n) is 9.44. The van der Waals surface area contributed by atoms with E-state index in [1.165, 1.54) is 34.4 Å². The summed E-state index contributed by atoms with van der Waals surface area (Å²) in [6, 6.07) is 7.45. The van der Waals surface area contributed by atoms with Gasteiger partial charge in [0.1, 0.15) is 0 Å². The fraction of sp³-hybridized carbons (Fsp3) is 0.300. The van der Waals surface area contributed by atoms with Gasteiger partial charge in [-0.25, -0.2) is 4.98 Å². The average Bonchev–Trinajstić information content (AvgIpc) is 3.34. The van der Waals surface area contributed by atoms with Crippen LogP contribution in [0.15, 0.2) is 30.3 Å². The van der Waals surface area contributed by atoms with Crippen LogP contribution in [0.1, 0.15) is 16.8 Å². The number of carbonyl (C=O) groups is 1. The highest BCUT2D eigenvalue weighted by Crippen LogP contribution is 2.40. The third-order valence-electron chi connectivity index (χ3n) is 4.73. The second kappa shape index (κ2) is 9.86. The second-order valence-electron chi connectivity index (χ2n) is 7.20. The van der Waals surface area contributed by atoms with Gasteiger partial charge in [-0.3, -0.25) is 19.8 Å². The molecule has 0 spiro atoms. The number of benzene rings is 2. The van der Waals surface area contributed by atoms with Gasteiger partial charge in [-0.1, -0.05) is 22.9 Å². The van der Waals surface area contributed by atoms with E-state index in [9.17, 15) is 14.9 Å². The Balaban J connectivity index is 0.00000289. The molecule has 0 fully saturated rings. The first kappa shape index (κ1) is 24.0. The molecule has 2 heterocycles. The first-order valence-corrected chi connectivity index (χ1v) is 10.6. The summed E-state index contributed by atoms with van der Waals surface area (Å²) in [5, 5.41) is 11.8. The number of ether oxygens (including phenoxy) is 2. The summed E-state index contributed by atoms with van der Waals surface area (Å²) in [5.41, 5.74) is 0.546. The van der Waals surface area contributed by atoms with Crippen LogP contribution in [0.3, 0.4) is 0 Å². The van der Waals surface area contributed by atoms with Crippen molar-refractivity contribution in [3.05, 3.63) is 51.0 Å². The highest BCUT2D eigenvalue weighted by Gasteiger charge is 2.26. The number of anilines is 1. The summed E-state index contributed by atoms with van der Waals surface area (Å²) in [6.45, 7) is 1.30. The molecular formula is C20H20Cl2N4O5S. The zero-order chi connectivity index (χ0) is 22.1. The Morgan fingerprint density at radius 2 is 1.94 bits per heavy atom. The maximum Gasteiger partial charge on any atom is 0.270 e. The maximum atomic E-state index is 13.4. The molecule has 0 aliphatic carbocycles. The number of nitrogens with zero attached hydrogens (tertiary/aromatic N) is 4. The van der Waals surface area contributed by atoms with E-state index in [2.05, 4.69) is 4.98 Å². The van der Waals surface area contributed by atoms with Crippen LogP contribution in [-0.2, 0) is 0 Å². The number of rotatable bonds is 7. The van der Waals surface area contributed by atoms with Crippen molar-refractivity contribution in [2.75, 3.05) is 38.9 Å². The van der Waals surface area contributed by atoms with E-state index in [1.807, 2.05) is 25.1 Å². The molecule has 0 saturated heterocycles.